The Hall–Kier alpha value is -3.07. The van der Waals surface area contributed by atoms with Gasteiger partial charge in [-0.1, -0.05) is 5.92 Å². The Kier molecular flexibility index (Phi) is 4.05. The fourth-order valence-corrected chi connectivity index (χ4v) is 1.95. The zero-order valence-corrected chi connectivity index (χ0v) is 11.3. The van der Waals surface area contributed by atoms with Crippen molar-refractivity contribution in [2.24, 2.45) is 0 Å². The van der Waals surface area contributed by atoms with Crippen LogP contribution in [0.25, 0.3) is 0 Å². The van der Waals surface area contributed by atoms with Crippen LogP contribution in [0.2, 0.25) is 0 Å². The van der Waals surface area contributed by atoms with E-state index in [0.717, 1.165) is 4.90 Å². The first-order valence-electron chi connectivity index (χ1n) is 6.09. The molecule has 1 aromatic heterocycles. The maximum atomic E-state index is 12.4. The van der Waals surface area contributed by atoms with E-state index in [2.05, 4.69) is 15.9 Å². The summed E-state index contributed by atoms with van der Waals surface area (Å²) in [4.78, 5) is 31.4. The van der Waals surface area contributed by atoms with Crippen LogP contribution in [0.15, 0.2) is 36.8 Å². The number of benzene rings is 1. The zero-order valence-electron chi connectivity index (χ0n) is 11.3. The lowest BCUT2D eigenvalue weighted by molar-refractivity contribution is -0.142. The van der Waals surface area contributed by atoms with E-state index in [4.69, 9.17) is 6.42 Å². The molecule has 0 spiro atoms. The number of amides is 1. The summed E-state index contributed by atoms with van der Waals surface area (Å²) in [6.45, 7) is 0. The molecule has 0 aliphatic heterocycles. The standard InChI is InChI=1S/C15H13N3O3/c1-3-10-4-6-11(7-5-10)14(19)18(2)13(15(20)21)12-8-16-9-17-12/h1,4-9,13H,2H3,(H,16,17)(H,20,21). The number of aromatic amines is 1. The van der Waals surface area contributed by atoms with Crippen LogP contribution in [-0.2, 0) is 4.79 Å². The molecule has 1 atom stereocenters. The molecule has 1 amide bonds. The van der Waals surface area contributed by atoms with Crippen LogP contribution in [0, 0.1) is 12.3 Å². The minimum absolute atomic E-state index is 0.332. The van der Waals surface area contributed by atoms with Gasteiger partial charge in [0.1, 0.15) is 0 Å². The third-order valence-electron chi connectivity index (χ3n) is 3.05. The third kappa shape index (κ3) is 2.92. The Morgan fingerprint density at radius 2 is 2.05 bits per heavy atom. The molecular formula is C15H13N3O3. The number of carboxylic acids is 1. The summed E-state index contributed by atoms with van der Waals surface area (Å²) in [5, 5.41) is 9.33. The van der Waals surface area contributed by atoms with Gasteiger partial charge in [0.25, 0.3) is 5.91 Å². The molecule has 1 unspecified atom stereocenters. The number of aromatic nitrogens is 2. The van der Waals surface area contributed by atoms with Gasteiger partial charge >= 0.3 is 5.97 Å². The number of carbonyl (C=O) groups is 2. The highest BCUT2D eigenvalue weighted by molar-refractivity contribution is 5.96. The van der Waals surface area contributed by atoms with E-state index in [1.54, 1.807) is 24.3 Å². The minimum Gasteiger partial charge on any atom is -0.479 e. The van der Waals surface area contributed by atoms with E-state index in [1.807, 2.05) is 0 Å². The Morgan fingerprint density at radius 1 is 1.38 bits per heavy atom. The average Bonchev–Trinajstić information content (AvgIpc) is 3.00. The van der Waals surface area contributed by atoms with Crippen molar-refractivity contribution in [3.05, 3.63) is 53.6 Å². The Bertz CT molecular complexity index is 684. The quantitative estimate of drug-likeness (QED) is 0.828. The number of likely N-dealkylation sites (N-methyl/N-ethyl adjacent to an activating group) is 1. The second-order valence-electron chi connectivity index (χ2n) is 4.39. The van der Waals surface area contributed by atoms with Crippen LogP contribution < -0.4 is 0 Å². The van der Waals surface area contributed by atoms with Crippen LogP contribution in [0.3, 0.4) is 0 Å². The van der Waals surface area contributed by atoms with Gasteiger partial charge in [0.05, 0.1) is 18.2 Å². The van der Waals surface area contributed by atoms with E-state index in [0.29, 0.717) is 16.8 Å². The van der Waals surface area contributed by atoms with E-state index >= 15 is 0 Å². The molecule has 21 heavy (non-hydrogen) atoms. The largest absolute Gasteiger partial charge is 0.479 e. The lowest BCUT2D eigenvalue weighted by Gasteiger charge is -2.23. The highest BCUT2D eigenvalue weighted by atomic mass is 16.4. The lowest BCUT2D eigenvalue weighted by atomic mass is 10.1. The Labute approximate surface area is 121 Å². The minimum atomic E-state index is -1.14. The summed E-state index contributed by atoms with van der Waals surface area (Å²) in [5.41, 5.74) is 1.35. The van der Waals surface area contributed by atoms with Gasteiger partial charge in [-0.2, -0.15) is 0 Å². The fraction of sp³-hybridized carbons (Fsp3) is 0.133. The predicted molar refractivity (Wildman–Crippen MR) is 75.4 cm³/mol. The number of carbonyl (C=O) groups excluding carboxylic acids is 1. The van der Waals surface area contributed by atoms with Crippen LogP contribution in [0.5, 0.6) is 0 Å². The SMILES string of the molecule is C#Cc1ccc(C(=O)N(C)C(C(=O)O)c2cnc[nH]2)cc1. The maximum absolute atomic E-state index is 12.4. The fourth-order valence-electron chi connectivity index (χ4n) is 1.95. The number of nitrogens with one attached hydrogen (secondary N) is 1. The summed E-state index contributed by atoms with van der Waals surface area (Å²) in [6.07, 6.45) is 8.00. The molecule has 0 bridgehead atoms. The predicted octanol–water partition coefficient (Wildman–Crippen LogP) is 1.29. The first-order chi connectivity index (χ1) is 10.0. The van der Waals surface area contributed by atoms with Gasteiger partial charge in [-0.15, -0.1) is 6.42 Å². The van der Waals surface area contributed by atoms with Crippen LogP contribution >= 0.6 is 0 Å². The van der Waals surface area contributed by atoms with Gasteiger partial charge in [-0.05, 0) is 24.3 Å². The van der Waals surface area contributed by atoms with Crippen molar-refractivity contribution in [3.63, 3.8) is 0 Å². The monoisotopic (exact) mass is 283 g/mol. The van der Waals surface area contributed by atoms with Crippen LogP contribution in [0.1, 0.15) is 27.7 Å². The third-order valence-corrected chi connectivity index (χ3v) is 3.05. The maximum Gasteiger partial charge on any atom is 0.332 e. The second-order valence-corrected chi connectivity index (χ2v) is 4.39. The number of H-pyrrole nitrogens is 1. The average molecular weight is 283 g/mol. The molecule has 1 aromatic carbocycles. The second kappa shape index (κ2) is 5.92. The van der Waals surface area contributed by atoms with E-state index in [1.165, 1.54) is 19.6 Å². The van der Waals surface area contributed by atoms with Crippen molar-refractivity contribution in [2.45, 2.75) is 6.04 Å². The van der Waals surface area contributed by atoms with Crippen molar-refractivity contribution in [3.8, 4) is 12.3 Å². The number of terminal acetylenes is 1. The number of carboxylic acid groups (broad SMARTS) is 1. The van der Waals surface area contributed by atoms with Crippen molar-refractivity contribution in [1.29, 1.82) is 0 Å². The smallest absolute Gasteiger partial charge is 0.332 e. The highest BCUT2D eigenvalue weighted by Crippen LogP contribution is 2.19. The van der Waals surface area contributed by atoms with Gasteiger partial charge in [-0.25, -0.2) is 9.78 Å². The van der Waals surface area contributed by atoms with Crippen LogP contribution in [-0.4, -0.2) is 38.9 Å². The molecule has 0 saturated carbocycles. The van der Waals surface area contributed by atoms with E-state index in [-0.39, 0.29) is 0 Å². The van der Waals surface area contributed by atoms with E-state index in [9.17, 15) is 14.7 Å². The Balaban J connectivity index is 2.28. The summed E-state index contributed by atoms with van der Waals surface area (Å²) in [7, 11) is 1.43. The topological polar surface area (TPSA) is 86.3 Å². The van der Waals surface area contributed by atoms with Gasteiger partial charge in [0.2, 0.25) is 0 Å². The summed E-state index contributed by atoms with van der Waals surface area (Å²) >= 11 is 0. The van der Waals surface area contributed by atoms with Crippen molar-refractivity contribution >= 4 is 11.9 Å². The van der Waals surface area contributed by atoms with Crippen molar-refractivity contribution < 1.29 is 14.7 Å². The molecule has 6 heteroatoms. The number of nitrogens with zero attached hydrogens (tertiary/aromatic N) is 2. The first-order valence-corrected chi connectivity index (χ1v) is 6.09. The van der Waals surface area contributed by atoms with Crippen molar-refractivity contribution in [2.75, 3.05) is 7.05 Å². The first kappa shape index (κ1) is 14.3. The molecule has 0 fully saturated rings. The molecule has 2 N–H and O–H groups in total. The highest BCUT2D eigenvalue weighted by Gasteiger charge is 2.30. The lowest BCUT2D eigenvalue weighted by Crippen LogP contribution is -2.36. The number of rotatable bonds is 4. The van der Waals surface area contributed by atoms with E-state index < -0.39 is 17.9 Å². The molecule has 2 aromatic rings. The van der Waals surface area contributed by atoms with Gasteiger partial charge in [0.15, 0.2) is 6.04 Å². The summed E-state index contributed by atoms with van der Waals surface area (Å²) in [6, 6.07) is 5.27. The molecule has 2 rings (SSSR count). The molecule has 1 heterocycles. The zero-order chi connectivity index (χ0) is 15.4. The number of hydrogen-bond acceptors (Lipinski definition) is 3. The number of imidazole rings is 1. The molecule has 0 aliphatic rings. The van der Waals surface area contributed by atoms with Crippen molar-refractivity contribution in [1.82, 2.24) is 14.9 Å². The van der Waals surface area contributed by atoms with Crippen LogP contribution in [0.4, 0.5) is 0 Å². The number of hydrogen-bond donors (Lipinski definition) is 2. The molecular weight excluding hydrogens is 270 g/mol. The van der Waals surface area contributed by atoms with Gasteiger partial charge in [0, 0.05) is 18.2 Å². The molecule has 0 saturated heterocycles. The Morgan fingerprint density at radius 3 is 2.52 bits per heavy atom. The number of aliphatic carboxylic acids is 1. The summed E-state index contributed by atoms with van der Waals surface area (Å²) in [5.74, 6) is 0.894. The normalized spacial score (nSPS) is 11.4. The molecule has 0 radical (unpaired) electrons. The van der Waals surface area contributed by atoms with Gasteiger partial charge < -0.3 is 15.0 Å². The molecule has 0 aliphatic carbocycles. The molecule has 106 valence electrons. The molecule has 6 nitrogen and oxygen atoms in total. The summed E-state index contributed by atoms with van der Waals surface area (Å²) < 4.78 is 0. The van der Waals surface area contributed by atoms with Gasteiger partial charge in [-0.3, -0.25) is 4.79 Å².